The standard InChI is InChI=1S/C22H20FN3O2/c1-15-5-4-6-16(11-15)13-25-22(28)20-12-17(9-10-24-20)21(27)26-14-18-7-2-3-8-19(18)23/h2-12H,13-14H2,1H3,(H,25,28)(H,26,27). The number of rotatable bonds is 6. The van der Waals surface area contributed by atoms with Gasteiger partial charge in [0, 0.05) is 30.4 Å². The van der Waals surface area contributed by atoms with Crippen molar-refractivity contribution >= 4 is 11.8 Å². The van der Waals surface area contributed by atoms with E-state index >= 15 is 0 Å². The molecule has 5 nitrogen and oxygen atoms in total. The van der Waals surface area contributed by atoms with Crippen LogP contribution in [0.25, 0.3) is 0 Å². The minimum Gasteiger partial charge on any atom is -0.348 e. The highest BCUT2D eigenvalue weighted by Crippen LogP contribution is 2.08. The van der Waals surface area contributed by atoms with Crippen molar-refractivity contribution in [2.45, 2.75) is 20.0 Å². The monoisotopic (exact) mass is 377 g/mol. The number of carbonyl (C=O) groups excluding carboxylic acids is 2. The first kappa shape index (κ1) is 19.2. The third kappa shape index (κ3) is 5.01. The van der Waals surface area contributed by atoms with Crippen LogP contribution in [0.15, 0.2) is 66.9 Å². The maximum Gasteiger partial charge on any atom is 0.270 e. The molecule has 0 spiro atoms. The number of aryl methyl sites for hydroxylation is 1. The zero-order chi connectivity index (χ0) is 19.9. The summed E-state index contributed by atoms with van der Waals surface area (Å²) in [6.07, 6.45) is 1.40. The van der Waals surface area contributed by atoms with E-state index in [1.165, 1.54) is 24.4 Å². The third-order valence-electron chi connectivity index (χ3n) is 4.19. The normalized spacial score (nSPS) is 10.4. The Morgan fingerprint density at radius 2 is 1.71 bits per heavy atom. The number of benzene rings is 2. The maximum atomic E-state index is 13.6. The van der Waals surface area contributed by atoms with Gasteiger partial charge in [0.05, 0.1) is 0 Å². The number of nitrogens with zero attached hydrogens (tertiary/aromatic N) is 1. The van der Waals surface area contributed by atoms with E-state index in [0.717, 1.165) is 11.1 Å². The lowest BCUT2D eigenvalue weighted by Gasteiger charge is -2.08. The smallest absolute Gasteiger partial charge is 0.270 e. The summed E-state index contributed by atoms with van der Waals surface area (Å²) in [5.74, 6) is -1.16. The average Bonchev–Trinajstić information content (AvgIpc) is 2.71. The lowest BCUT2D eigenvalue weighted by molar-refractivity contribution is 0.0946. The number of halogens is 1. The van der Waals surface area contributed by atoms with Crippen molar-refractivity contribution in [1.82, 2.24) is 15.6 Å². The van der Waals surface area contributed by atoms with Gasteiger partial charge in [-0.2, -0.15) is 0 Å². The van der Waals surface area contributed by atoms with Crippen LogP contribution in [-0.4, -0.2) is 16.8 Å². The summed E-state index contributed by atoms with van der Waals surface area (Å²) in [5.41, 5.74) is 2.91. The highest BCUT2D eigenvalue weighted by molar-refractivity contribution is 5.98. The van der Waals surface area contributed by atoms with Gasteiger partial charge in [-0.1, -0.05) is 48.0 Å². The molecule has 0 aliphatic carbocycles. The van der Waals surface area contributed by atoms with Crippen LogP contribution in [0.5, 0.6) is 0 Å². The Bertz CT molecular complexity index is 1000. The van der Waals surface area contributed by atoms with Crippen molar-refractivity contribution in [3.63, 3.8) is 0 Å². The summed E-state index contributed by atoms with van der Waals surface area (Å²) < 4.78 is 13.6. The Kier molecular flexibility index (Phi) is 6.11. The Labute approximate surface area is 162 Å². The quantitative estimate of drug-likeness (QED) is 0.692. The van der Waals surface area contributed by atoms with Crippen molar-refractivity contribution in [3.8, 4) is 0 Å². The number of nitrogens with one attached hydrogen (secondary N) is 2. The van der Waals surface area contributed by atoms with E-state index < -0.39 is 5.91 Å². The fourth-order valence-electron chi connectivity index (χ4n) is 2.71. The topological polar surface area (TPSA) is 71.1 Å². The summed E-state index contributed by atoms with van der Waals surface area (Å²) in [7, 11) is 0. The van der Waals surface area contributed by atoms with Gasteiger partial charge in [0.2, 0.25) is 0 Å². The first-order valence-corrected chi connectivity index (χ1v) is 8.84. The van der Waals surface area contributed by atoms with E-state index in [0.29, 0.717) is 12.1 Å². The molecular formula is C22H20FN3O2. The number of carbonyl (C=O) groups is 2. The fraction of sp³-hybridized carbons (Fsp3) is 0.136. The van der Waals surface area contributed by atoms with Gasteiger partial charge in [-0.15, -0.1) is 0 Å². The van der Waals surface area contributed by atoms with Crippen LogP contribution in [0.2, 0.25) is 0 Å². The fourth-order valence-corrected chi connectivity index (χ4v) is 2.71. The van der Waals surface area contributed by atoms with Crippen LogP contribution < -0.4 is 10.6 Å². The van der Waals surface area contributed by atoms with Gasteiger partial charge in [0.25, 0.3) is 11.8 Å². The highest BCUT2D eigenvalue weighted by Gasteiger charge is 2.12. The van der Waals surface area contributed by atoms with Crippen LogP contribution in [0.4, 0.5) is 4.39 Å². The molecule has 0 saturated carbocycles. The van der Waals surface area contributed by atoms with Crippen molar-refractivity contribution in [2.24, 2.45) is 0 Å². The molecule has 28 heavy (non-hydrogen) atoms. The molecule has 2 amide bonds. The molecule has 0 aliphatic rings. The predicted molar refractivity (Wildman–Crippen MR) is 104 cm³/mol. The van der Waals surface area contributed by atoms with E-state index in [1.807, 2.05) is 31.2 Å². The summed E-state index contributed by atoms with van der Waals surface area (Å²) in [6.45, 7) is 2.41. The van der Waals surface area contributed by atoms with E-state index in [9.17, 15) is 14.0 Å². The van der Waals surface area contributed by atoms with Gasteiger partial charge in [0.1, 0.15) is 11.5 Å². The molecule has 0 radical (unpaired) electrons. The highest BCUT2D eigenvalue weighted by atomic mass is 19.1. The molecule has 0 unspecified atom stereocenters. The van der Waals surface area contributed by atoms with Crippen molar-refractivity contribution in [2.75, 3.05) is 0 Å². The van der Waals surface area contributed by atoms with Gasteiger partial charge in [-0.05, 0) is 30.7 Å². The number of hydrogen-bond donors (Lipinski definition) is 2. The second-order valence-corrected chi connectivity index (χ2v) is 6.38. The SMILES string of the molecule is Cc1cccc(CNC(=O)c2cc(C(=O)NCc3ccccc3F)ccn2)c1. The molecule has 1 aromatic heterocycles. The molecule has 1 heterocycles. The maximum absolute atomic E-state index is 13.6. The van der Waals surface area contributed by atoms with Gasteiger partial charge < -0.3 is 10.6 Å². The molecule has 3 rings (SSSR count). The zero-order valence-electron chi connectivity index (χ0n) is 15.4. The summed E-state index contributed by atoms with van der Waals surface area (Å²) in [6, 6.07) is 17.0. The van der Waals surface area contributed by atoms with Crippen LogP contribution in [0.1, 0.15) is 37.5 Å². The average molecular weight is 377 g/mol. The minimum atomic E-state index is -0.404. The lowest BCUT2D eigenvalue weighted by atomic mass is 10.1. The third-order valence-corrected chi connectivity index (χ3v) is 4.19. The Balaban J connectivity index is 1.61. The molecule has 2 N–H and O–H groups in total. The van der Waals surface area contributed by atoms with Gasteiger partial charge >= 0.3 is 0 Å². The molecule has 0 fully saturated rings. The summed E-state index contributed by atoms with van der Waals surface area (Å²) >= 11 is 0. The molecule has 0 saturated heterocycles. The van der Waals surface area contributed by atoms with Crippen LogP contribution in [0, 0.1) is 12.7 Å². The Morgan fingerprint density at radius 1 is 0.929 bits per heavy atom. The van der Waals surface area contributed by atoms with Crippen molar-refractivity contribution in [1.29, 1.82) is 0 Å². The van der Waals surface area contributed by atoms with E-state index in [4.69, 9.17) is 0 Å². The zero-order valence-corrected chi connectivity index (χ0v) is 15.4. The minimum absolute atomic E-state index is 0.0583. The first-order valence-electron chi connectivity index (χ1n) is 8.84. The largest absolute Gasteiger partial charge is 0.348 e. The number of aromatic nitrogens is 1. The Morgan fingerprint density at radius 3 is 2.50 bits per heavy atom. The molecule has 0 atom stereocenters. The van der Waals surface area contributed by atoms with Gasteiger partial charge in [-0.25, -0.2) is 4.39 Å². The predicted octanol–water partition coefficient (Wildman–Crippen LogP) is 3.39. The number of hydrogen-bond acceptors (Lipinski definition) is 3. The van der Waals surface area contributed by atoms with Gasteiger partial charge in [-0.3, -0.25) is 14.6 Å². The second kappa shape index (κ2) is 8.90. The van der Waals surface area contributed by atoms with E-state index in [-0.39, 0.29) is 29.5 Å². The summed E-state index contributed by atoms with van der Waals surface area (Å²) in [5, 5.41) is 5.44. The number of pyridine rings is 1. The molecule has 142 valence electrons. The van der Waals surface area contributed by atoms with E-state index in [2.05, 4.69) is 15.6 Å². The summed E-state index contributed by atoms with van der Waals surface area (Å²) in [4.78, 5) is 28.7. The molecular weight excluding hydrogens is 357 g/mol. The lowest BCUT2D eigenvalue weighted by Crippen LogP contribution is -2.26. The molecule has 6 heteroatoms. The molecule has 3 aromatic rings. The number of amides is 2. The van der Waals surface area contributed by atoms with Crippen LogP contribution >= 0.6 is 0 Å². The first-order chi connectivity index (χ1) is 13.5. The molecule has 0 aliphatic heterocycles. The second-order valence-electron chi connectivity index (χ2n) is 6.38. The Hall–Kier alpha value is -3.54. The van der Waals surface area contributed by atoms with Crippen LogP contribution in [0.3, 0.4) is 0 Å². The molecule has 2 aromatic carbocycles. The molecule has 0 bridgehead atoms. The van der Waals surface area contributed by atoms with Crippen molar-refractivity contribution < 1.29 is 14.0 Å². The van der Waals surface area contributed by atoms with Crippen LogP contribution in [-0.2, 0) is 13.1 Å². The van der Waals surface area contributed by atoms with Crippen molar-refractivity contribution in [3.05, 3.63) is 101 Å². The van der Waals surface area contributed by atoms with Gasteiger partial charge in [0.15, 0.2) is 0 Å². The van der Waals surface area contributed by atoms with E-state index in [1.54, 1.807) is 18.2 Å².